The van der Waals surface area contributed by atoms with Crippen molar-refractivity contribution in [2.24, 2.45) is 0 Å². The summed E-state index contributed by atoms with van der Waals surface area (Å²) in [4.78, 5) is 11.0. The van der Waals surface area contributed by atoms with E-state index in [0.717, 1.165) is 0 Å². The van der Waals surface area contributed by atoms with E-state index in [-0.39, 0.29) is 18.1 Å². The van der Waals surface area contributed by atoms with Gasteiger partial charge in [0, 0.05) is 0 Å². The standard InChI is InChI=1S/C10H11BrO4/c1-14-8-4-6(5-9(12)15-2)3-7(11)10(8)13/h3-4,13H,5H2,1-2H3. The number of carbonyl (C=O) groups excluding carboxylic acids is 1. The van der Waals surface area contributed by atoms with E-state index in [9.17, 15) is 9.90 Å². The highest BCUT2D eigenvalue weighted by Gasteiger charge is 2.11. The molecule has 0 aromatic heterocycles. The first-order chi connectivity index (χ1) is 7.08. The van der Waals surface area contributed by atoms with Gasteiger partial charge in [-0.15, -0.1) is 0 Å². The lowest BCUT2D eigenvalue weighted by Gasteiger charge is -2.08. The molecule has 15 heavy (non-hydrogen) atoms. The fourth-order valence-electron chi connectivity index (χ4n) is 1.12. The zero-order chi connectivity index (χ0) is 11.4. The van der Waals surface area contributed by atoms with Crippen molar-refractivity contribution in [2.45, 2.75) is 6.42 Å². The van der Waals surface area contributed by atoms with Gasteiger partial charge in [-0.05, 0) is 33.6 Å². The Morgan fingerprint density at radius 1 is 1.47 bits per heavy atom. The van der Waals surface area contributed by atoms with Crippen LogP contribution in [0.5, 0.6) is 11.5 Å². The highest BCUT2D eigenvalue weighted by atomic mass is 79.9. The SMILES string of the molecule is COC(=O)Cc1cc(Br)c(O)c(OC)c1. The number of carbonyl (C=O) groups is 1. The lowest BCUT2D eigenvalue weighted by molar-refractivity contribution is -0.139. The fourth-order valence-corrected chi connectivity index (χ4v) is 1.61. The van der Waals surface area contributed by atoms with Gasteiger partial charge in [-0.1, -0.05) is 0 Å². The summed E-state index contributed by atoms with van der Waals surface area (Å²) in [6.07, 6.45) is 0.145. The van der Waals surface area contributed by atoms with Gasteiger partial charge in [-0.2, -0.15) is 0 Å². The molecule has 0 bridgehead atoms. The van der Waals surface area contributed by atoms with Crippen molar-refractivity contribution in [1.29, 1.82) is 0 Å². The average molecular weight is 275 g/mol. The maximum atomic E-state index is 11.0. The second-order valence-electron chi connectivity index (χ2n) is 2.88. The van der Waals surface area contributed by atoms with Gasteiger partial charge in [0.15, 0.2) is 11.5 Å². The summed E-state index contributed by atoms with van der Waals surface area (Å²) in [5.41, 5.74) is 0.711. The van der Waals surface area contributed by atoms with Crippen LogP contribution in [0.15, 0.2) is 16.6 Å². The van der Waals surface area contributed by atoms with E-state index in [2.05, 4.69) is 20.7 Å². The number of esters is 1. The first kappa shape index (κ1) is 11.8. The van der Waals surface area contributed by atoms with Crippen LogP contribution in [-0.2, 0) is 16.0 Å². The predicted octanol–water partition coefficient (Wildman–Crippen LogP) is 1.88. The first-order valence-electron chi connectivity index (χ1n) is 4.20. The van der Waals surface area contributed by atoms with Gasteiger partial charge in [-0.25, -0.2) is 0 Å². The molecular weight excluding hydrogens is 264 g/mol. The Hall–Kier alpha value is -1.23. The fraction of sp³-hybridized carbons (Fsp3) is 0.300. The van der Waals surface area contributed by atoms with Crippen molar-refractivity contribution >= 4 is 21.9 Å². The van der Waals surface area contributed by atoms with Gasteiger partial charge < -0.3 is 14.6 Å². The highest BCUT2D eigenvalue weighted by Crippen LogP contribution is 2.35. The molecule has 0 saturated heterocycles. The zero-order valence-corrected chi connectivity index (χ0v) is 10.00. The summed E-state index contributed by atoms with van der Waals surface area (Å²) in [5, 5.41) is 9.53. The van der Waals surface area contributed by atoms with E-state index in [1.165, 1.54) is 14.2 Å². The van der Waals surface area contributed by atoms with E-state index >= 15 is 0 Å². The summed E-state index contributed by atoms with van der Waals surface area (Å²) in [7, 11) is 2.78. The Balaban J connectivity index is 3.00. The summed E-state index contributed by atoms with van der Waals surface area (Å²) >= 11 is 3.17. The Labute approximate surface area is 95.9 Å². The number of aromatic hydroxyl groups is 1. The van der Waals surface area contributed by atoms with Gasteiger partial charge in [-0.3, -0.25) is 4.79 Å². The maximum Gasteiger partial charge on any atom is 0.309 e. The van der Waals surface area contributed by atoms with Gasteiger partial charge in [0.25, 0.3) is 0 Å². The molecular formula is C10H11BrO4. The Kier molecular flexibility index (Phi) is 3.96. The monoisotopic (exact) mass is 274 g/mol. The smallest absolute Gasteiger partial charge is 0.309 e. The van der Waals surface area contributed by atoms with E-state index < -0.39 is 0 Å². The minimum Gasteiger partial charge on any atom is -0.503 e. The molecule has 0 radical (unpaired) electrons. The van der Waals surface area contributed by atoms with Crippen molar-refractivity contribution in [2.75, 3.05) is 14.2 Å². The molecule has 1 N–H and O–H groups in total. The number of ether oxygens (including phenoxy) is 2. The molecule has 0 amide bonds. The molecule has 0 aliphatic carbocycles. The number of hydrogen-bond donors (Lipinski definition) is 1. The van der Waals surface area contributed by atoms with Gasteiger partial charge in [0.2, 0.25) is 0 Å². The Morgan fingerprint density at radius 3 is 2.67 bits per heavy atom. The van der Waals surface area contributed by atoms with E-state index in [4.69, 9.17) is 4.74 Å². The van der Waals surface area contributed by atoms with Crippen LogP contribution in [-0.4, -0.2) is 25.3 Å². The van der Waals surface area contributed by atoms with Crippen LogP contribution in [0.25, 0.3) is 0 Å². The van der Waals surface area contributed by atoms with Crippen LogP contribution in [0.3, 0.4) is 0 Å². The van der Waals surface area contributed by atoms with E-state index in [1.54, 1.807) is 12.1 Å². The molecule has 0 saturated carbocycles. The second kappa shape index (κ2) is 5.02. The molecule has 5 heteroatoms. The van der Waals surface area contributed by atoms with Crippen molar-refractivity contribution < 1.29 is 19.4 Å². The molecule has 0 fully saturated rings. The quantitative estimate of drug-likeness (QED) is 0.856. The van der Waals surface area contributed by atoms with Gasteiger partial charge in [0.1, 0.15) is 0 Å². The van der Waals surface area contributed by atoms with Crippen LogP contribution in [0.1, 0.15) is 5.56 Å². The molecule has 0 heterocycles. The lowest BCUT2D eigenvalue weighted by Crippen LogP contribution is -2.04. The van der Waals surface area contributed by atoms with Crippen molar-refractivity contribution in [1.82, 2.24) is 0 Å². The van der Waals surface area contributed by atoms with Crippen molar-refractivity contribution in [3.63, 3.8) is 0 Å². The summed E-state index contributed by atoms with van der Waals surface area (Å²) < 4.78 is 9.98. The number of phenols is 1. The van der Waals surface area contributed by atoms with Gasteiger partial charge >= 0.3 is 5.97 Å². The van der Waals surface area contributed by atoms with Crippen molar-refractivity contribution in [3.8, 4) is 11.5 Å². The van der Waals surface area contributed by atoms with E-state index in [0.29, 0.717) is 15.8 Å². The minimum absolute atomic E-state index is 0.0196. The zero-order valence-electron chi connectivity index (χ0n) is 8.41. The number of rotatable bonds is 3. The molecule has 1 rings (SSSR count). The average Bonchev–Trinajstić information content (AvgIpc) is 2.22. The number of benzene rings is 1. The van der Waals surface area contributed by atoms with Crippen molar-refractivity contribution in [3.05, 3.63) is 22.2 Å². The molecule has 0 spiro atoms. The van der Waals surface area contributed by atoms with Crippen LogP contribution in [0.4, 0.5) is 0 Å². The Morgan fingerprint density at radius 2 is 2.13 bits per heavy atom. The second-order valence-corrected chi connectivity index (χ2v) is 3.74. The third-order valence-electron chi connectivity index (χ3n) is 1.88. The molecule has 4 nitrogen and oxygen atoms in total. The van der Waals surface area contributed by atoms with Crippen LogP contribution in [0, 0.1) is 0 Å². The first-order valence-corrected chi connectivity index (χ1v) is 5.00. The molecule has 0 unspecified atom stereocenters. The summed E-state index contributed by atoms with van der Waals surface area (Å²) in [5.74, 6) is 0.00374. The largest absolute Gasteiger partial charge is 0.503 e. The number of halogens is 1. The molecule has 82 valence electrons. The molecule has 0 atom stereocenters. The minimum atomic E-state index is -0.338. The van der Waals surface area contributed by atoms with Crippen LogP contribution in [0.2, 0.25) is 0 Å². The predicted molar refractivity (Wildman–Crippen MR) is 58.1 cm³/mol. The summed E-state index contributed by atoms with van der Waals surface area (Å²) in [6.45, 7) is 0. The van der Waals surface area contributed by atoms with Crippen LogP contribution >= 0.6 is 15.9 Å². The van der Waals surface area contributed by atoms with Gasteiger partial charge in [0.05, 0.1) is 25.1 Å². The highest BCUT2D eigenvalue weighted by molar-refractivity contribution is 9.10. The normalized spacial score (nSPS) is 9.80. The summed E-state index contributed by atoms with van der Waals surface area (Å²) in [6, 6.07) is 3.24. The Bertz CT molecular complexity index is 376. The number of phenolic OH excluding ortho intramolecular Hbond substituents is 1. The molecule has 1 aromatic carbocycles. The maximum absolute atomic E-state index is 11.0. The molecule has 0 aliphatic heterocycles. The lowest BCUT2D eigenvalue weighted by atomic mass is 10.1. The third-order valence-corrected chi connectivity index (χ3v) is 2.49. The number of methoxy groups -OCH3 is 2. The van der Waals surface area contributed by atoms with E-state index in [1.807, 2.05) is 0 Å². The number of hydrogen-bond acceptors (Lipinski definition) is 4. The molecule has 1 aromatic rings. The topological polar surface area (TPSA) is 55.8 Å². The molecule has 0 aliphatic rings. The third kappa shape index (κ3) is 2.86. The van der Waals surface area contributed by atoms with Crippen LogP contribution < -0.4 is 4.74 Å².